The van der Waals surface area contributed by atoms with Gasteiger partial charge >= 0.3 is 0 Å². The van der Waals surface area contributed by atoms with Crippen molar-refractivity contribution in [3.8, 4) is 5.69 Å². The third-order valence-electron chi connectivity index (χ3n) is 5.98. The van der Waals surface area contributed by atoms with Crippen LogP contribution in [0.3, 0.4) is 0 Å². The number of rotatable bonds is 8. The van der Waals surface area contributed by atoms with E-state index in [4.69, 9.17) is 0 Å². The van der Waals surface area contributed by atoms with Crippen molar-refractivity contribution in [2.45, 2.75) is 19.4 Å². The van der Waals surface area contributed by atoms with Crippen LogP contribution < -0.4 is 5.32 Å². The number of hydrogen-bond acceptors (Lipinski definition) is 3. The number of carbonyl (C=O) groups excluding carboxylic acids is 1. The highest BCUT2D eigenvalue weighted by Crippen LogP contribution is 2.26. The SMILES string of the molecule is Cc1ccc(CCN[C@H](C(=O)c2c[nH]c3cc(-n4cccn4)ccc23)c2ccccc2)cc1. The van der Waals surface area contributed by atoms with Crippen LogP contribution in [0.15, 0.2) is 97.5 Å². The number of benzene rings is 3. The Morgan fingerprint density at radius 3 is 2.61 bits per heavy atom. The molecule has 0 spiro atoms. The Balaban J connectivity index is 1.40. The van der Waals surface area contributed by atoms with Crippen molar-refractivity contribution < 1.29 is 4.79 Å². The first-order valence-corrected chi connectivity index (χ1v) is 11.2. The van der Waals surface area contributed by atoms with Gasteiger partial charge in [-0.15, -0.1) is 0 Å². The van der Waals surface area contributed by atoms with Gasteiger partial charge in [0.2, 0.25) is 0 Å². The van der Waals surface area contributed by atoms with E-state index in [1.807, 2.05) is 67.0 Å². The van der Waals surface area contributed by atoms with Crippen LogP contribution in [-0.2, 0) is 6.42 Å². The number of aromatic amines is 1. The van der Waals surface area contributed by atoms with E-state index in [1.54, 1.807) is 10.9 Å². The fourth-order valence-electron chi connectivity index (χ4n) is 4.16. The molecule has 5 rings (SSSR count). The van der Waals surface area contributed by atoms with Crippen LogP contribution >= 0.6 is 0 Å². The van der Waals surface area contributed by atoms with E-state index in [1.165, 1.54) is 11.1 Å². The second kappa shape index (κ2) is 9.27. The molecule has 0 bridgehead atoms. The van der Waals surface area contributed by atoms with E-state index in [0.29, 0.717) is 12.1 Å². The van der Waals surface area contributed by atoms with E-state index in [2.05, 4.69) is 46.6 Å². The molecule has 2 aromatic heterocycles. The normalized spacial score (nSPS) is 12.2. The third kappa shape index (κ3) is 4.49. The Kier molecular flexibility index (Phi) is 5.87. The van der Waals surface area contributed by atoms with Crippen LogP contribution in [0.1, 0.15) is 33.1 Å². The molecule has 2 N–H and O–H groups in total. The van der Waals surface area contributed by atoms with Crippen molar-refractivity contribution in [3.05, 3.63) is 120 Å². The second-order valence-electron chi connectivity index (χ2n) is 8.28. The summed E-state index contributed by atoms with van der Waals surface area (Å²) in [5.74, 6) is 0.0585. The average molecular weight is 435 g/mol. The summed E-state index contributed by atoms with van der Waals surface area (Å²) in [6.07, 6.45) is 6.33. The summed E-state index contributed by atoms with van der Waals surface area (Å²) in [6, 6.07) is 25.9. The zero-order valence-electron chi connectivity index (χ0n) is 18.5. The molecule has 0 aliphatic carbocycles. The maximum absolute atomic E-state index is 13.7. The second-order valence-corrected chi connectivity index (χ2v) is 8.28. The summed E-state index contributed by atoms with van der Waals surface area (Å²) >= 11 is 0. The lowest BCUT2D eigenvalue weighted by Crippen LogP contribution is -2.30. The van der Waals surface area contributed by atoms with Crippen molar-refractivity contribution in [3.63, 3.8) is 0 Å². The maximum atomic E-state index is 13.7. The summed E-state index contributed by atoms with van der Waals surface area (Å²) in [5, 5.41) is 8.71. The Hall–Kier alpha value is -3.96. The van der Waals surface area contributed by atoms with Crippen molar-refractivity contribution >= 4 is 16.7 Å². The molecule has 3 aromatic carbocycles. The van der Waals surface area contributed by atoms with Gasteiger partial charge in [0.25, 0.3) is 0 Å². The first-order chi connectivity index (χ1) is 16.2. The van der Waals surface area contributed by atoms with E-state index in [9.17, 15) is 4.79 Å². The van der Waals surface area contributed by atoms with Gasteiger partial charge in [0.1, 0.15) is 0 Å². The van der Waals surface area contributed by atoms with Crippen LogP contribution in [-0.4, -0.2) is 27.1 Å². The number of aryl methyl sites for hydroxylation is 1. The third-order valence-corrected chi connectivity index (χ3v) is 5.98. The quantitative estimate of drug-likeness (QED) is 0.321. The number of ketones is 1. The van der Waals surface area contributed by atoms with Gasteiger partial charge in [-0.3, -0.25) is 4.79 Å². The van der Waals surface area contributed by atoms with Crippen LogP contribution in [0.25, 0.3) is 16.6 Å². The van der Waals surface area contributed by atoms with Gasteiger partial charge in [-0.2, -0.15) is 5.10 Å². The van der Waals surface area contributed by atoms with Crippen molar-refractivity contribution in [1.29, 1.82) is 0 Å². The van der Waals surface area contributed by atoms with Crippen molar-refractivity contribution in [2.24, 2.45) is 0 Å². The molecule has 0 saturated heterocycles. The van der Waals surface area contributed by atoms with E-state index < -0.39 is 6.04 Å². The number of nitrogens with zero attached hydrogens (tertiary/aromatic N) is 2. The van der Waals surface area contributed by atoms with E-state index >= 15 is 0 Å². The molecule has 5 aromatic rings. The number of carbonyl (C=O) groups is 1. The fourth-order valence-corrected chi connectivity index (χ4v) is 4.16. The molecule has 0 aliphatic heterocycles. The van der Waals surface area contributed by atoms with E-state index in [-0.39, 0.29) is 5.78 Å². The largest absolute Gasteiger partial charge is 0.360 e. The molecular formula is C28H26N4O. The molecule has 164 valence electrons. The van der Waals surface area contributed by atoms with Crippen molar-refractivity contribution in [1.82, 2.24) is 20.1 Å². The van der Waals surface area contributed by atoms with Gasteiger partial charge in [-0.1, -0.05) is 60.2 Å². The van der Waals surface area contributed by atoms with Gasteiger partial charge in [0.15, 0.2) is 5.78 Å². The monoisotopic (exact) mass is 434 g/mol. The minimum atomic E-state index is -0.415. The maximum Gasteiger partial charge on any atom is 0.186 e. The Bertz CT molecular complexity index is 1350. The molecule has 1 atom stereocenters. The summed E-state index contributed by atoms with van der Waals surface area (Å²) in [4.78, 5) is 17.0. The van der Waals surface area contributed by atoms with Gasteiger partial charge in [0.05, 0.1) is 11.7 Å². The minimum absolute atomic E-state index is 0.0585. The topological polar surface area (TPSA) is 62.7 Å². The lowest BCUT2D eigenvalue weighted by Gasteiger charge is -2.18. The van der Waals surface area contributed by atoms with E-state index in [0.717, 1.165) is 28.6 Å². The minimum Gasteiger partial charge on any atom is -0.360 e. The number of H-pyrrole nitrogens is 1. The molecule has 0 amide bonds. The summed E-state index contributed by atoms with van der Waals surface area (Å²) in [7, 11) is 0. The number of aromatic nitrogens is 3. The molecule has 5 nitrogen and oxygen atoms in total. The molecule has 5 heteroatoms. The molecule has 2 heterocycles. The zero-order chi connectivity index (χ0) is 22.6. The number of Topliss-reactive ketones (excluding diaryl/α,β-unsaturated/α-hetero) is 1. The standard InChI is InChI=1S/C28H26N4O/c1-20-8-10-21(11-9-20)14-16-29-27(22-6-3-2-4-7-22)28(33)25-19-30-26-18-23(12-13-24(25)26)32-17-5-15-31-32/h2-13,15,17-19,27,29-30H,14,16H2,1H3/t27-/m0/s1. The summed E-state index contributed by atoms with van der Waals surface area (Å²) in [6.45, 7) is 2.80. The van der Waals surface area contributed by atoms with Gasteiger partial charge in [-0.05, 0) is 48.7 Å². The molecule has 33 heavy (non-hydrogen) atoms. The molecular weight excluding hydrogens is 408 g/mol. The van der Waals surface area contributed by atoms with Crippen LogP contribution in [0.2, 0.25) is 0 Å². The lowest BCUT2D eigenvalue weighted by atomic mass is 9.96. The Labute approximate surface area is 193 Å². The highest BCUT2D eigenvalue weighted by molar-refractivity contribution is 6.10. The average Bonchev–Trinajstić information content (AvgIpc) is 3.53. The van der Waals surface area contributed by atoms with Crippen LogP contribution in [0.5, 0.6) is 0 Å². The molecule has 0 radical (unpaired) electrons. The first kappa shape index (κ1) is 20.9. The highest BCUT2D eigenvalue weighted by atomic mass is 16.1. The highest BCUT2D eigenvalue weighted by Gasteiger charge is 2.24. The van der Waals surface area contributed by atoms with Gasteiger partial charge in [-0.25, -0.2) is 4.68 Å². The predicted octanol–water partition coefficient (Wildman–Crippen LogP) is 5.42. The van der Waals surface area contributed by atoms with Crippen LogP contribution in [0.4, 0.5) is 0 Å². The number of fused-ring (bicyclic) bond motifs is 1. The van der Waals surface area contributed by atoms with Crippen molar-refractivity contribution in [2.75, 3.05) is 6.54 Å². The fraction of sp³-hybridized carbons (Fsp3) is 0.143. The smallest absolute Gasteiger partial charge is 0.186 e. The Morgan fingerprint density at radius 1 is 1.03 bits per heavy atom. The predicted molar refractivity (Wildman–Crippen MR) is 132 cm³/mol. The summed E-state index contributed by atoms with van der Waals surface area (Å²) < 4.78 is 1.81. The van der Waals surface area contributed by atoms with Gasteiger partial charge in [0, 0.05) is 41.6 Å². The molecule has 0 fully saturated rings. The molecule has 0 aliphatic rings. The molecule has 0 saturated carbocycles. The van der Waals surface area contributed by atoms with Gasteiger partial charge < -0.3 is 10.3 Å². The lowest BCUT2D eigenvalue weighted by molar-refractivity contribution is 0.0945. The number of hydrogen-bond donors (Lipinski definition) is 2. The Morgan fingerprint density at radius 2 is 1.85 bits per heavy atom. The summed E-state index contributed by atoms with van der Waals surface area (Å²) in [5.41, 5.74) is 6.02. The molecule has 0 unspecified atom stereocenters. The van der Waals surface area contributed by atoms with Crippen LogP contribution in [0, 0.1) is 6.92 Å². The first-order valence-electron chi connectivity index (χ1n) is 11.2. The zero-order valence-corrected chi connectivity index (χ0v) is 18.5. The number of nitrogens with one attached hydrogen (secondary N) is 2.